The van der Waals surface area contributed by atoms with Gasteiger partial charge in [-0.1, -0.05) is 29.8 Å². The lowest BCUT2D eigenvalue weighted by atomic mass is 10.1. The molecule has 0 fully saturated rings. The quantitative estimate of drug-likeness (QED) is 0.440. The molecular weight excluding hydrogens is 378 g/mol. The molecule has 132 valence electrons. The van der Waals surface area contributed by atoms with E-state index in [0.717, 1.165) is 0 Å². The Bertz CT molecular complexity index is 972. The Morgan fingerprint density at radius 3 is 2.69 bits per heavy atom. The summed E-state index contributed by atoms with van der Waals surface area (Å²) in [5.41, 5.74) is 1.20. The van der Waals surface area contributed by atoms with Gasteiger partial charge in [0.1, 0.15) is 11.6 Å². The predicted molar refractivity (Wildman–Crippen MR) is 99.1 cm³/mol. The number of halogens is 3. The van der Waals surface area contributed by atoms with Crippen molar-refractivity contribution in [1.82, 2.24) is 9.55 Å². The molecule has 0 unspecified atom stereocenters. The van der Waals surface area contributed by atoms with E-state index in [2.05, 4.69) is 11.6 Å². The minimum atomic E-state index is -0.633. The standard InChI is InChI=1S/C19H13Cl2FN2O2/c1-12(10-24-7-6-23-11-24)15-9-14(22)3-5-18(15)26-19(25)13-2-4-16(20)17(21)8-13/h2-9,11H,1,10H2. The third kappa shape index (κ3) is 4.12. The average molecular weight is 391 g/mol. The fourth-order valence-corrected chi connectivity index (χ4v) is 2.63. The van der Waals surface area contributed by atoms with Crippen LogP contribution in [0.15, 0.2) is 61.7 Å². The van der Waals surface area contributed by atoms with E-state index in [-0.39, 0.29) is 16.3 Å². The summed E-state index contributed by atoms with van der Waals surface area (Å²) in [6.45, 7) is 4.34. The lowest BCUT2D eigenvalue weighted by molar-refractivity contribution is 0.0734. The third-order valence-corrected chi connectivity index (χ3v) is 4.35. The molecule has 1 heterocycles. The summed E-state index contributed by atoms with van der Waals surface area (Å²) in [7, 11) is 0. The third-order valence-electron chi connectivity index (χ3n) is 3.61. The number of ether oxygens (including phenoxy) is 1. The van der Waals surface area contributed by atoms with E-state index in [0.29, 0.717) is 22.7 Å². The molecule has 1 aromatic heterocycles. The summed E-state index contributed by atoms with van der Waals surface area (Å²) in [6, 6.07) is 8.29. The van der Waals surface area contributed by atoms with Crippen molar-refractivity contribution in [1.29, 1.82) is 0 Å². The van der Waals surface area contributed by atoms with Crippen molar-refractivity contribution >= 4 is 34.7 Å². The molecule has 0 N–H and O–H groups in total. The van der Waals surface area contributed by atoms with Crippen LogP contribution in [-0.4, -0.2) is 15.5 Å². The van der Waals surface area contributed by atoms with E-state index in [9.17, 15) is 9.18 Å². The van der Waals surface area contributed by atoms with Crippen LogP contribution in [0, 0.1) is 5.82 Å². The second-order valence-corrected chi connectivity index (χ2v) is 6.31. The van der Waals surface area contributed by atoms with Crippen LogP contribution >= 0.6 is 23.2 Å². The molecule has 0 aliphatic heterocycles. The highest BCUT2D eigenvalue weighted by Gasteiger charge is 2.15. The van der Waals surface area contributed by atoms with Crippen LogP contribution < -0.4 is 4.74 Å². The smallest absolute Gasteiger partial charge is 0.343 e. The average Bonchev–Trinajstić information content (AvgIpc) is 3.11. The first kappa shape index (κ1) is 18.2. The summed E-state index contributed by atoms with van der Waals surface area (Å²) in [4.78, 5) is 16.3. The van der Waals surface area contributed by atoms with Crippen molar-refractivity contribution in [2.75, 3.05) is 0 Å². The molecule has 3 rings (SSSR count). The monoisotopic (exact) mass is 390 g/mol. The zero-order valence-electron chi connectivity index (χ0n) is 13.5. The number of benzene rings is 2. The maximum atomic E-state index is 13.7. The van der Waals surface area contributed by atoms with Gasteiger partial charge >= 0.3 is 5.97 Å². The lowest BCUT2D eigenvalue weighted by Crippen LogP contribution is -2.10. The Hall–Kier alpha value is -2.63. The lowest BCUT2D eigenvalue weighted by Gasteiger charge is -2.13. The largest absolute Gasteiger partial charge is 0.422 e. The number of aromatic nitrogens is 2. The van der Waals surface area contributed by atoms with Gasteiger partial charge in [0.05, 0.1) is 21.9 Å². The molecule has 7 heteroatoms. The van der Waals surface area contributed by atoms with E-state index in [1.54, 1.807) is 23.3 Å². The van der Waals surface area contributed by atoms with Crippen LogP contribution in [-0.2, 0) is 6.54 Å². The van der Waals surface area contributed by atoms with Gasteiger partial charge in [-0.2, -0.15) is 0 Å². The molecule has 0 bridgehead atoms. The fraction of sp³-hybridized carbons (Fsp3) is 0.0526. The Kier molecular flexibility index (Phi) is 5.40. The molecule has 0 spiro atoms. The van der Waals surface area contributed by atoms with E-state index in [4.69, 9.17) is 27.9 Å². The molecule has 26 heavy (non-hydrogen) atoms. The van der Waals surface area contributed by atoms with Gasteiger partial charge < -0.3 is 9.30 Å². The number of nitrogens with zero attached hydrogens (tertiary/aromatic N) is 2. The predicted octanol–water partition coefficient (Wildman–Crippen LogP) is 5.26. The fourth-order valence-electron chi connectivity index (χ4n) is 2.34. The van der Waals surface area contributed by atoms with E-state index >= 15 is 0 Å². The van der Waals surface area contributed by atoms with Crippen molar-refractivity contribution in [3.8, 4) is 5.75 Å². The first-order valence-electron chi connectivity index (χ1n) is 7.54. The highest BCUT2D eigenvalue weighted by atomic mass is 35.5. The maximum absolute atomic E-state index is 13.7. The number of carbonyl (C=O) groups excluding carboxylic acids is 1. The Balaban J connectivity index is 1.86. The molecule has 2 aromatic carbocycles. The molecule has 0 aliphatic rings. The van der Waals surface area contributed by atoms with Crippen LogP contribution in [0.2, 0.25) is 10.0 Å². The number of hydrogen-bond acceptors (Lipinski definition) is 3. The molecule has 0 aliphatic carbocycles. The molecule has 0 saturated heterocycles. The van der Waals surface area contributed by atoms with Gasteiger partial charge in [0.2, 0.25) is 0 Å². The van der Waals surface area contributed by atoms with Crippen molar-refractivity contribution in [2.24, 2.45) is 0 Å². The summed E-state index contributed by atoms with van der Waals surface area (Å²) in [5.74, 6) is -0.888. The van der Waals surface area contributed by atoms with Gasteiger partial charge in [0.25, 0.3) is 0 Å². The van der Waals surface area contributed by atoms with Gasteiger partial charge in [-0.25, -0.2) is 14.2 Å². The van der Waals surface area contributed by atoms with Gasteiger partial charge in [0.15, 0.2) is 0 Å². The Morgan fingerprint density at radius 2 is 2.00 bits per heavy atom. The number of hydrogen-bond donors (Lipinski definition) is 0. The maximum Gasteiger partial charge on any atom is 0.343 e. The molecular formula is C19H13Cl2FN2O2. The molecule has 0 radical (unpaired) electrons. The highest BCUT2D eigenvalue weighted by molar-refractivity contribution is 6.42. The van der Waals surface area contributed by atoms with Crippen molar-refractivity contribution in [3.05, 3.63) is 88.7 Å². The van der Waals surface area contributed by atoms with Gasteiger partial charge in [0, 0.05) is 24.5 Å². The van der Waals surface area contributed by atoms with Crippen LogP contribution in [0.25, 0.3) is 5.57 Å². The van der Waals surface area contributed by atoms with Gasteiger partial charge in [-0.3, -0.25) is 0 Å². The van der Waals surface area contributed by atoms with Crippen LogP contribution in [0.5, 0.6) is 5.75 Å². The minimum absolute atomic E-state index is 0.201. The van der Waals surface area contributed by atoms with Crippen molar-refractivity contribution < 1.29 is 13.9 Å². The SMILES string of the molecule is C=C(Cn1ccnc1)c1cc(F)ccc1OC(=O)c1ccc(Cl)c(Cl)c1. The topological polar surface area (TPSA) is 44.1 Å². The number of rotatable bonds is 5. The van der Waals surface area contributed by atoms with E-state index in [1.807, 2.05) is 0 Å². The summed E-state index contributed by atoms with van der Waals surface area (Å²) in [5, 5.41) is 0.573. The highest BCUT2D eigenvalue weighted by Crippen LogP contribution is 2.29. The summed E-state index contributed by atoms with van der Waals surface area (Å²) >= 11 is 11.8. The first-order chi connectivity index (χ1) is 12.4. The van der Waals surface area contributed by atoms with Crippen molar-refractivity contribution in [2.45, 2.75) is 6.54 Å². The molecule has 3 aromatic rings. The molecule has 0 amide bonds. The second-order valence-electron chi connectivity index (χ2n) is 5.50. The van der Waals surface area contributed by atoms with Crippen LogP contribution in [0.1, 0.15) is 15.9 Å². The van der Waals surface area contributed by atoms with E-state index < -0.39 is 11.8 Å². The van der Waals surface area contributed by atoms with E-state index in [1.165, 1.54) is 36.4 Å². The normalized spacial score (nSPS) is 10.6. The number of imidazole rings is 1. The van der Waals surface area contributed by atoms with Gasteiger partial charge in [-0.15, -0.1) is 0 Å². The second kappa shape index (κ2) is 7.72. The summed E-state index contributed by atoms with van der Waals surface area (Å²) in [6.07, 6.45) is 5.00. The van der Waals surface area contributed by atoms with Crippen LogP contribution in [0.4, 0.5) is 4.39 Å². The zero-order valence-corrected chi connectivity index (χ0v) is 15.0. The van der Waals surface area contributed by atoms with Gasteiger partial charge in [-0.05, 0) is 42.0 Å². The number of carbonyl (C=O) groups is 1. The number of allylic oxidation sites excluding steroid dienone is 1. The molecule has 0 atom stereocenters. The molecule has 4 nitrogen and oxygen atoms in total. The minimum Gasteiger partial charge on any atom is -0.422 e. The summed E-state index contributed by atoms with van der Waals surface area (Å²) < 4.78 is 20.9. The van der Waals surface area contributed by atoms with Crippen LogP contribution in [0.3, 0.4) is 0 Å². The Morgan fingerprint density at radius 1 is 1.19 bits per heavy atom. The Labute approximate surface area is 159 Å². The zero-order chi connectivity index (χ0) is 18.7. The number of esters is 1. The molecule has 0 saturated carbocycles. The van der Waals surface area contributed by atoms with Crippen molar-refractivity contribution in [3.63, 3.8) is 0 Å². The first-order valence-corrected chi connectivity index (χ1v) is 8.30.